The number of quaternary nitrogens is 2. The van der Waals surface area contributed by atoms with E-state index in [1.54, 1.807) is 4.90 Å². The number of piperazine rings is 1. The Labute approximate surface area is 167 Å². The maximum atomic E-state index is 10.8. The number of hydrogen-bond acceptors (Lipinski definition) is 1. The van der Waals surface area contributed by atoms with E-state index >= 15 is 0 Å². The van der Waals surface area contributed by atoms with Gasteiger partial charge in [-0.25, -0.2) is 0 Å². The molecule has 144 valence electrons. The third-order valence-electron chi connectivity index (χ3n) is 6.27. The van der Waals surface area contributed by atoms with E-state index in [1.165, 1.54) is 47.3 Å². The monoisotopic (exact) mass is 386 g/mol. The van der Waals surface area contributed by atoms with Crippen molar-refractivity contribution in [2.75, 3.05) is 32.7 Å². The molecule has 1 aliphatic heterocycles. The van der Waals surface area contributed by atoms with Crippen LogP contribution in [0.4, 0.5) is 0 Å². The largest absolute Gasteiger partial charge is 0.382 e. The highest BCUT2D eigenvalue weighted by Crippen LogP contribution is 2.24. The first-order valence-corrected chi connectivity index (χ1v) is 10.8. The van der Waals surface area contributed by atoms with Crippen molar-refractivity contribution in [1.82, 2.24) is 0 Å². The van der Waals surface area contributed by atoms with Gasteiger partial charge in [-0.1, -0.05) is 41.9 Å². The third-order valence-corrected chi connectivity index (χ3v) is 6.52. The zero-order valence-corrected chi connectivity index (χ0v) is 16.8. The molecule has 3 N–H and O–H groups in total. The molecule has 4 rings (SSSR count). The summed E-state index contributed by atoms with van der Waals surface area (Å²) in [6.07, 6.45) is 4.63. The number of benzene rings is 2. The van der Waals surface area contributed by atoms with Crippen LogP contribution < -0.4 is 9.80 Å². The van der Waals surface area contributed by atoms with Crippen molar-refractivity contribution in [3.8, 4) is 0 Å². The highest BCUT2D eigenvalue weighted by atomic mass is 35.5. The van der Waals surface area contributed by atoms with Crippen molar-refractivity contribution in [1.29, 1.82) is 0 Å². The van der Waals surface area contributed by atoms with Gasteiger partial charge in [0.25, 0.3) is 0 Å². The molecule has 2 aromatic rings. The lowest BCUT2D eigenvalue weighted by molar-refractivity contribution is -1.02. The van der Waals surface area contributed by atoms with Crippen LogP contribution in [-0.4, -0.2) is 37.8 Å². The predicted octanol–water partition coefficient (Wildman–Crippen LogP) is 1.24. The molecular weight excluding hydrogens is 356 g/mol. The van der Waals surface area contributed by atoms with Crippen LogP contribution >= 0.6 is 11.6 Å². The van der Waals surface area contributed by atoms with Crippen LogP contribution in [0, 0.1) is 0 Å². The molecule has 3 nitrogen and oxygen atoms in total. The van der Waals surface area contributed by atoms with Crippen LogP contribution in [0.15, 0.2) is 42.5 Å². The lowest BCUT2D eigenvalue weighted by Crippen LogP contribution is -3.27. The number of nitrogens with one attached hydrogen (secondary N) is 2. The van der Waals surface area contributed by atoms with E-state index in [4.69, 9.17) is 11.6 Å². The second-order valence-corrected chi connectivity index (χ2v) is 8.69. The van der Waals surface area contributed by atoms with Crippen LogP contribution in [0.25, 0.3) is 0 Å². The zero-order chi connectivity index (χ0) is 18.6. The van der Waals surface area contributed by atoms with Crippen molar-refractivity contribution in [3.63, 3.8) is 0 Å². The molecule has 0 spiro atoms. The van der Waals surface area contributed by atoms with Gasteiger partial charge in [-0.2, -0.15) is 0 Å². The molecule has 27 heavy (non-hydrogen) atoms. The zero-order valence-electron chi connectivity index (χ0n) is 16.0. The number of rotatable bonds is 5. The van der Waals surface area contributed by atoms with Crippen molar-refractivity contribution >= 4 is 11.6 Å². The Morgan fingerprint density at radius 1 is 0.852 bits per heavy atom. The summed E-state index contributed by atoms with van der Waals surface area (Å²) in [5.74, 6) is 0. The third kappa shape index (κ3) is 4.91. The van der Waals surface area contributed by atoms with E-state index in [2.05, 4.69) is 30.3 Å². The Balaban J connectivity index is 1.28. The van der Waals surface area contributed by atoms with Gasteiger partial charge in [0.1, 0.15) is 45.4 Å². The fourth-order valence-corrected chi connectivity index (χ4v) is 4.71. The molecule has 1 heterocycles. The Bertz CT molecular complexity index is 753. The molecule has 0 unspecified atom stereocenters. The molecule has 0 amide bonds. The van der Waals surface area contributed by atoms with E-state index in [-0.39, 0.29) is 6.10 Å². The molecule has 2 aromatic carbocycles. The number of aliphatic hydroxyl groups is 1. The van der Waals surface area contributed by atoms with E-state index in [9.17, 15) is 5.11 Å². The SMILES string of the molecule is O[C@@H](C[NH+]1CC[NH+](Cc2ccc(Cl)cc2)CC1)c1ccc2c(c1)CCCC2. The maximum absolute atomic E-state index is 10.8. The summed E-state index contributed by atoms with van der Waals surface area (Å²) in [6.45, 7) is 6.48. The average Bonchev–Trinajstić information content (AvgIpc) is 2.71. The van der Waals surface area contributed by atoms with Crippen LogP contribution in [0.5, 0.6) is 0 Å². The normalized spacial score (nSPS) is 23.6. The summed E-state index contributed by atoms with van der Waals surface area (Å²) in [5.41, 5.74) is 5.42. The number of fused-ring (bicyclic) bond motifs is 1. The van der Waals surface area contributed by atoms with E-state index in [0.717, 1.165) is 49.9 Å². The Morgan fingerprint density at radius 3 is 2.26 bits per heavy atom. The summed E-state index contributed by atoms with van der Waals surface area (Å²) in [5, 5.41) is 11.6. The molecule has 0 aromatic heterocycles. The van der Waals surface area contributed by atoms with Crippen LogP contribution in [0.2, 0.25) is 5.02 Å². The average molecular weight is 387 g/mol. The first-order valence-electron chi connectivity index (χ1n) is 10.4. The van der Waals surface area contributed by atoms with Gasteiger partial charge in [0, 0.05) is 10.6 Å². The van der Waals surface area contributed by atoms with E-state index in [1.807, 2.05) is 12.1 Å². The van der Waals surface area contributed by atoms with Crippen molar-refractivity contribution in [2.45, 2.75) is 38.3 Å². The maximum Gasteiger partial charge on any atom is 0.128 e. The Morgan fingerprint density at radius 2 is 1.52 bits per heavy atom. The van der Waals surface area contributed by atoms with Gasteiger partial charge in [-0.3, -0.25) is 0 Å². The topological polar surface area (TPSA) is 29.1 Å². The lowest BCUT2D eigenvalue weighted by atomic mass is 9.89. The first kappa shape index (κ1) is 18.9. The van der Waals surface area contributed by atoms with Gasteiger partial charge < -0.3 is 14.9 Å². The molecule has 4 heteroatoms. The minimum atomic E-state index is -0.343. The van der Waals surface area contributed by atoms with Crippen LogP contribution in [0.1, 0.15) is 41.2 Å². The van der Waals surface area contributed by atoms with Crippen LogP contribution in [0.3, 0.4) is 0 Å². The van der Waals surface area contributed by atoms with E-state index < -0.39 is 0 Å². The Kier molecular flexibility index (Phi) is 6.14. The molecule has 1 fully saturated rings. The minimum absolute atomic E-state index is 0.343. The van der Waals surface area contributed by atoms with Gasteiger partial charge in [-0.05, 0) is 54.5 Å². The molecular formula is C23H31ClN2O+2. The molecule has 1 atom stereocenters. The number of hydrogen-bond donors (Lipinski definition) is 3. The fourth-order valence-electron chi connectivity index (χ4n) is 4.58. The predicted molar refractivity (Wildman–Crippen MR) is 109 cm³/mol. The van der Waals surface area contributed by atoms with Crippen LogP contribution in [-0.2, 0) is 19.4 Å². The first-order chi connectivity index (χ1) is 13.2. The highest BCUT2D eigenvalue weighted by Gasteiger charge is 2.26. The summed E-state index contributed by atoms with van der Waals surface area (Å²) < 4.78 is 0. The summed E-state index contributed by atoms with van der Waals surface area (Å²) in [7, 11) is 0. The summed E-state index contributed by atoms with van der Waals surface area (Å²) in [6, 6.07) is 14.9. The number of aryl methyl sites for hydroxylation is 2. The minimum Gasteiger partial charge on any atom is -0.382 e. The highest BCUT2D eigenvalue weighted by molar-refractivity contribution is 6.30. The molecule has 2 aliphatic rings. The molecule has 0 radical (unpaired) electrons. The second-order valence-electron chi connectivity index (χ2n) is 8.26. The van der Waals surface area contributed by atoms with Crippen molar-refractivity contribution < 1.29 is 14.9 Å². The standard InChI is InChI=1S/C23H29ClN2O/c24-22-9-5-18(6-10-22)16-25-11-13-26(14-12-25)17-23(27)21-8-7-19-3-1-2-4-20(19)15-21/h5-10,15,23,27H,1-4,11-14,16-17H2/p+2/t23-/m0/s1. The van der Waals surface area contributed by atoms with Gasteiger partial charge in [0.2, 0.25) is 0 Å². The molecule has 0 bridgehead atoms. The summed E-state index contributed by atoms with van der Waals surface area (Å²) in [4.78, 5) is 3.16. The van der Waals surface area contributed by atoms with Gasteiger partial charge in [0.05, 0.1) is 0 Å². The van der Waals surface area contributed by atoms with Gasteiger partial charge in [0.15, 0.2) is 0 Å². The molecule has 1 saturated heterocycles. The smallest absolute Gasteiger partial charge is 0.128 e. The quantitative estimate of drug-likeness (QED) is 0.709. The van der Waals surface area contributed by atoms with Gasteiger partial charge >= 0.3 is 0 Å². The van der Waals surface area contributed by atoms with Crippen molar-refractivity contribution in [3.05, 3.63) is 69.7 Å². The number of halogens is 1. The fraction of sp³-hybridized carbons (Fsp3) is 0.478. The lowest BCUT2D eigenvalue weighted by Gasteiger charge is -2.31. The van der Waals surface area contributed by atoms with Crippen molar-refractivity contribution in [2.24, 2.45) is 0 Å². The Hall–Kier alpha value is -1.39. The van der Waals surface area contributed by atoms with E-state index in [0.29, 0.717) is 0 Å². The number of aliphatic hydroxyl groups excluding tert-OH is 1. The summed E-state index contributed by atoms with van der Waals surface area (Å²) >= 11 is 5.98. The molecule has 1 aliphatic carbocycles. The molecule has 0 saturated carbocycles. The van der Waals surface area contributed by atoms with Gasteiger partial charge in [-0.15, -0.1) is 0 Å². The second kappa shape index (κ2) is 8.74.